The first-order chi connectivity index (χ1) is 8.69. The molecule has 1 nitrogen and oxygen atoms in total. The Labute approximate surface area is 122 Å². The lowest BCUT2D eigenvalue weighted by Gasteiger charge is -2.47. The average Bonchev–Trinajstić information content (AvgIpc) is 2.25. The maximum absolute atomic E-state index is 4.87. The zero-order valence-corrected chi connectivity index (χ0v) is 15.0. The molecule has 0 fully saturated rings. The standard InChI is InChI=1S/C16H29NS2/c1-18(2,3)16(19(4,5)6)15-11-13-9-7-8-10-14(13)12-17-15/h11-12,16H,7-10H2,1-6H3. The lowest BCUT2D eigenvalue weighted by atomic mass is 9.93. The first-order valence-corrected chi connectivity index (χ1v) is 12.9. The Bertz CT molecular complexity index is 441. The smallest absolute Gasteiger partial charge is 0.0607 e. The van der Waals surface area contributed by atoms with Gasteiger partial charge >= 0.3 is 0 Å². The highest BCUT2D eigenvalue weighted by molar-refractivity contribution is 8.47. The maximum atomic E-state index is 4.87. The van der Waals surface area contributed by atoms with Crippen LogP contribution in [0.25, 0.3) is 0 Å². The Kier molecular flexibility index (Phi) is 4.27. The van der Waals surface area contributed by atoms with E-state index in [1.807, 2.05) is 0 Å². The van der Waals surface area contributed by atoms with Gasteiger partial charge in [0.05, 0.1) is 10.3 Å². The maximum Gasteiger partial charge on any atom is 0.0607 e. The predicted octanol–water partition coefficient (Wildman–Crippen LogP) is 4.35. The summed E-state index contributed by atoms with van der Waals surface area (Å²) in [5.41, 5.74) is 4.45. The van der Waals surface area contributed by atoms with Crippen molar-refractivity contribution in [3.8, 4) is 0 Å². The van der Waals surface area contributed by atoms with Gasteiger partial charge in [-0.3, -0.25) is 4.98 Å². The summed E-state index contributed by atoms with van der Waals surface area (Å²) in [4.78, 5) is 4.87. The number of hydrogen-bond donors (Lipinski definition) is 0. The summed E-state index contributed by atoms with van der Waals surface area (Å²) >= 11 is 0. The molecule has 1 aliphatic rings. The number of rotatable bonds is 3. The van der Waals surface area contributed by atoms with Crippen molar-refractivity contribution in [1.29, 1.82) is 0 Å². The van der Waals surface area contributed by atoms with Gasteiger partial charge in [-0.15, -0.1) is 0 Å². The summed E-state index contributed by atoms with van der Waals surface area (Å²) < 4.78 is 0.659. The second-order valence-electron chi connectivity index (χ2n) is 7.28. The molecule has 110 valence electrons. The molecule has 19 heavy (non-hydrogen) atoms. The van der Waals surface area contributed by atoms with Crippen LogP contribution in [0.2, 0.25) is 0 Å². The summed E-state index contributed by atoms with van der Waals surface area (Å²) in [7, 11) is -1.26. The minimum absolute atomic E-state index is 0.628. The van der Waals surface area contributed by atoms with E-state index in [0.29, 0.717) is 4.58 Å². The second-order valence-corrected chi connectivity index (χ2v) is 16.2. The van der Waals surface area contributed by atoms with Gasteiger partial charge in [0.2, 0.25) is 0 Å². The van der Waals surface area contributed by atoms with Crippen molar-refractivity contribution in [3.05, 3.63) is 29.1 Å². The van der Waals surface area contributed by atoms with E-state index in [1.54, 1.807) is 5.56 Å². The van der Waals surface area contributed by atoms with E-state index in [0.717, 1.165) is 0 Å². The molecule has 0 saturated heterocycles. The lowest BCUT2D eigenvalue weighted by Crippen LogP contribution is -2.16. The molecule has 0 N–H and O–H groups in total. The zero-order valence-electron chi connectivity index (χ0n) is 13.3. The van der Waals surface area contributed by atoms with Gasteiger partial charge in [-0.1, -0.05) is 0 Å². The summed E-state index contributed by atoms with van der Waals surface area (Å²) in [5, 5.41) is 0. The fraction of sp³-hybridized carbons (Fsp3) is 0.688. The van der Waals surface area contributed by atoms with E-state index in [1.165, 1.54) is 36.9 Å². The zero-order chi connectivity index (χ0) is 14.3. The van der Waals surface area contributed by atoms with Crippen LogP contribution in [0.4, 0.5) is 0 Å². The van der Waals surface area contributed by atoms with E-state index in [2.05, 4.69) is 49.8 Å². The van der Waals surface area contributed by atoms with Crippen LogP contribution < -0.4 is 0 Å². The SMILES string of the molecule is CS(C)(C)C(c1cc2c(cn1)CCCC2)S(C)(C)C. The normalized spacial score (nSPS) is 18.3. The van der Waals surface area contributed by atoms with Crippen molar-refractivity contribution in [1.82, 2.24) is 4.98 Å². The molecule has 0 radical (unpaired) electrons. The quantitative estimate of drug-likeness (QED) is 0.808. The highest BCUT2D eigenvalue weighted by atomic mass is 32.3. The molecular weight excluding hydrogens is 270 g/mol. The van der Waals surface area contributed by atoms with Crippen LogP contribution in [-0.4, -0.2) is 42.5 Å². The molecule has 0 aliphatic heterocycles. The van der Waals surface area contributed by atoms with Crippen LogP contribution in [0.5, 0.6) is 0 Å². The van der Waals surface area contributed by atoms with Crippen molar-refractivity contribution in [3.63, 3.8) is 0 Å². The van der Waals surface area contributed by atoms with Gasteiger partial charge < -0.3 is 0 Å². The van der Waals surface area contributed by atoms with Gasteiger partial charge in [-0.05, 0) is 80.4 Å². The van der Waals surface area contributed by atoms with Crippen molar-refractivity contribution >= 4 is 20.1 Å². The Morgan fingerprint density at radius 1 is 0.895 bits per heavy atom. The summed E-state index contributed by atoms with van der Waals surface area (Å²) in [6.45, 7) is 0. The van der Waals surface area contributed by atoms with E-state index in [-0.39, 0.29) is 0 Å². The van der Waals surface area contributed by atoms with Gasteiger partial charge in [-0.2, -0.15) is 0 Å². The third kappa shape index (κ3) is 3.49. The van der Waals surface area contributed by atoms with Crippen LogP contribution in [0.3, 0.4) is 0 Å². The third-order valence-electron chi connectivity index (χ3n) is 3.77. The highest BCUT2D eigenvalue weighted by Crippen LogP contribution is 2.68. The molecule has 2 rings (SSSR count). The Morgan fingerprint density at radius 2 is 1.42 bits per heavy atom. The molecule has 1 aromatic heterocycles. The first kappa shape index (κ1) is 15.2. The fourth-order valence-corrected chi connectivity index (χ4v) is 12.0. The first-order valence-electron chi connectivity index (χ1n) is 7.01. The van der Waals surface area contributed by atoms with Crippen molar-refractivity contribution in [2.75, 3.05) is 37.5 Å². The molecule has 3 heteroatoms. The van der Waals surface area contributed by atoms with Crippen molar-refractivity contribution in [2.45, 2.75) is 30.3 Å². The number of nitrogens with zero attached hydrogens (tertiary/aromatic N) is 1. The summed E-state index contributed by atoms with van der Waals surface area (Å²) in [6, 6.07) is 2.44. The number of aryl methyl sites for hydroxylation is 2. The molecule has 0 atom stereocenters. The summed E-state index contributed by atoms with van der Waals surface area (Å²) in [5.74, 6) is 0. The fourth-order valence-electron chi connectivity index (χ4n) is 3.35. The largest absolute Gasteiger partial charge is 0.259 e. The lowest BCUT2D eigenvalue weighted by molar-refractivity contribution is 0.680. The topological polar surface area (TPSA) is 12.9 Å². The molecule has 0 bridgehead atoms. The van der Waals surface area contributed by atoms with Gasteiger partial charge in [0.1, 0.15) is 0 Å². The second kappa shape index (κ2) is 5.33. The van der Waals surface area contributed by atoms with Gasteiger partial charge in [0.25, 0.3) is 0 Å². The molecule has 1 heterocycles. The third-order valence-corrected chi connectivity index (χ3v) is 10.3. The van der Waals surface area contributed by atoms with Gasteiger partial charge in [0.15, 0.2) is 0 Å². The van der Waals surface area contributed by atoms with Crippen LogP contribution in [0, 0.1) is 0 Å². The number of pyridine rings is 1. The van der Waals surface area contributed by atoms with E-state index in [9.17, 15) is 0 Å². The van der Waals surface area contributed by atoms with Gasteiger partial charge in [0, 0.05) is 6.20 Å². The number of aromatic nitrogens is 1. The van der Waals surface area contributed by atoms with Gasteiger partial charge in [-0.25, -0.2) is 20.1 Å². The summed E-state index contributed by atoms with van der Waals surface area (Å²) in [6.07, 6.45) is 22.0. The van der Waals surface area contributed by atoms with E-state index >= 15 is 0 Å². The molecule has 0 unspecified atom stereocenters. The van der Waals surface area contributed by atoms with E-state index in [4.69, 9.17) is 4.98 Å². The van der Waals surface area contributed by atoms with Crippen molar-refractivity contribution < 1.29 is 0 Å². The van der Waals surface area contributed by atoms with Crippen LogP contribution >= 0.6 is 20.1 Å². The molecule has 0 aromatic carbocycles. The molecule has 0 saturated carbocycles. The minimum atomic E-state index is -0.628. The van der Waals surface area contributed by atoms with Crippen LogP contribution in [0.15, 0.2) is 12.3 Å². The Hall–Kier alpha value is -0.150. The molecule has 1 aromatic rings. The monoisotopic (exact) mass is 299 g/mol. The molecule has 0 amide bonds. The predicted molar refractivity (Wildman–Crippen MR) is 94.3 cm³/mol. The molecule has 0 spiro atoms. The Balaban J connectivity index is 2.43. The van der Waals surface area contributed by atoms with Crippen LogP contribution in [-0.2, 0) is 12.8 Å². The van der Waals surface area contributed by atoms with E-state index < -0.39 is 20.1 Å². The highest BCUT2D eigenvalue weighted by Gasteiger charge is 2.31. The number of fused-ring (bicyclic) bond motifs is 1. The van der Waals surface area contributed by atoms with Crippen molar-refractivity contribution in [2.24, 2.45) is 0 Å². The average molecular weight is 300 g/mol. The Morgan fingerprint density at radius 3 is 1.95 bits per heavy atom. The number of hydrogen-bond acceptors (Lipinski definition) is 1. The molecular formula is C16H29NS2. The van der Waals surface area contributed by atoms with Crippen LogP contribution in [0.1, 0.15) is 34.2 Å². The molecule has 1 aliphatic carbocycles. The minimum Gasteiger partial charge on any atom is -0.259 e.